The minimum atomic E-state index is -2.15. The van der Waals surface area contributed by atoms with E-state index in [1.54, 1.807) is 53.4 Å². The van der Waals surface area contributed by atoms with Gasteiger partial charge in [-0.15, -0.1) is 0 Å². The lowest BCUT2D eigenvalue weighted by Gasteiger charge is -2.30. The molecule has 1 aliphatic carbocycles. The second-order valence-corrected chi connectivity index (χ2v) is 11.3. The van der Waals surface area contributed by atoms with Gasteiger partial charge in [-0.05, 0) is 73.4 Å². The summed E-state index contributed by atoms with van der Waals surface area (Å²) in [6.07, 6.45) is 3.39. The fourth-order valence-electron chi connectivity index (χ4n) is 4.46. The van der Waals surface area contributed by atoms with Crippen LogP contribution in [0.3, 0.4) is 0 Å². The zero-order valence-electron chi connectivity index (χ0n) is 19.8. The van der Waals surface area contributed by atoms with Crippen LogP contribution in [-0.4, -0.2) is 27.7 Å². The van der Waals surface area contributed by atoms with Crippen LogP contribution in [0.5, 0.6) is 0 Å². The number of carbonyl (C=O) groups is 2. The lowest BCUT2D eigenvalue weighted by atomic mass is 9.90. The average molecular weight is 561 g/mol. The highest BCUT2D eigenvalue weighted by Crippen LogP contribution is 2.35. The first-order valence-corrected chi connectivity index (χ1v) is 12.7. The molecule has 9 heteroatoms. The summed E-state index contributed by atoms with van der Waals surface area (Å²) < 4.78 is 11.3. The molecule has 0 spiro atoms. The molecule has 0 saturated heterocycles. The SMILES string of the molecule is Nc1ccc(N(CC2=CC(Cc3ccc(F)cc3)(NC(=O)C(Cl)(Cl)Cl)CC2)C(=O)c2ccccc2)cc1. The van der Waals surface area contributed by atoms with Gasteiger partial charge in [0.2, 0.25) is 0 Å². The van der Waals surface area contributed by atoms with E-state index in [0.29, 0.717) is 36.2 Å². The summed E-state index contributed by atoms with van der Waals surface area (Å²) in [5, 5.41) is 2.88. The molecule has 0 saturated carbocycles. The number of nitrogens with one attached hydrogen (secondary N) is 1. The van der Waals surface area contributed by atoms with E-state index in [9.17, 15) is 14.0 Å². The minimum absolute atomic E-state index is 0.173. The number of nitrogen functional groups attached to an aromatic ring is 1. The molecule has 192 valence electrons. The summed E-state index contributed by atoms with van der Waals surface area (Å²) in [6.45, 7) is 0.284. The molecule has 3 N–H and O–H groups in total. The van der Waals surface area contributed by atoms with Crippen molar-refractivity contribution in [3.8, 4) is 0 Å². The van der Waals surface area contributed by atoms with Crippen molar-refractivity contribution in [3.63, 3.8) is 0 Å². The molecular formula is C28H25Cl3FN3O2. The first-order valence-electron chi connectivity index (χ1n) is 11.6. The molecule has 1 atom stereocenters. The molecule has 3 aromatic rings. The number of rotatable bonds is 7. The number of nitrogens with zero attached hydrogens (tertiary/aromatic N) is 1. The van der Waals surface area contributed by atoms with Gasteiger partial charge in [-0.3, -0.25) is 9.59 Å². The van der Waals surface area contributed by atoms with E-state index in [4.69, 9.17) is 40.5 Å². The molecule has 3 aromatic carbocycles. The van der Waals surface area contributed by atoms with Gasteiger partial charge in [0.1, 0.15) is 5.82 Å². The number of hydrogen-bond acceptors (Lipinski definition) is 3. The standard InChI is InChI=1S/C28H25Cl3FN3O2/c29-28(30,31)26(37)34-27(16-19-6-8-22(32)9-7-19)15-14-20(17-27)18-35(24-12-10-23(33)11-13-24)25(36)21-4-2-1-3-5-21/h1-13,17H,14-16,18,33H2,(H,34,37). The molecule has 0 bridgehead atoms. The quantitative estimate of drug-likeness (QED) is 0.204. The maximum absolute atomic E-state index is 13.5. The molecule has 1 unspecified atom stereocenters. The van der Waals surface area contributed by atoms with Crippen LogP contribution in [0.2, 0.25) is 0 Å². The zero-order chi connectivity index (χ0) is 26.6. The topological polar surface area (TPSA) is 75.4 Å². The number of amides is 2. The van der Waals surface area contributed by atoms with Gasteiger partial charge in [0.05, 0.1) is 5.54 Å². The van der Waals surface area contributed by atoms with Crippen LogP contribution in [0.4, 0.5) is 15.8 Å². The van der Waals surface area contributed by atoms with Crippen LogP contribution in [0.1, 0.15) is 28.8 Å². The van der Waals surface area contributed by atoms with Gasteiger partial charge < -0.3 is 16.0 Å². The van der Waals surface area contributed by atoms with Crippen LogP contribution in [-0.2, 0) is 11.2 Å². The largest absolute Gasteiger partial charge is 0.399 e. The lowest BCUT2D eigenvalue weighted by molar-refractivity contribution is -0.121. The van der Waals surface area contributed by atoms with Crippen LogP contribution in [0.15, 0.2) is 90.5 Å². The van der Waals surface area contributed by atoms with Crippen molar-refractivity contribution in [2.24, 2.45) is 0 Å². The predicted octanol–water partition coefficient (Wildman–Crippen LogP) is 6.24. The molecular weight excluding hydrogens is 536 g/mol. The Labute approximate surface area is 230 Å². The number of alkyl halides is 3. The summed E-state index contributed by atoms with van der Waals surface area (Å²) in [5.74, 6) is -1.29. The van der Waals surface area contributed by atoms with Gasteiger partial charge in [-0.25, -0.2) is 4.39 Å². The molecule has 0 fully saturated rings. The molecule has 4 rings (SSSR count). The molecule has 0 aromatic heterocycles. The van der Waals surface area contributed by atoms with Crippen molar-refractivity contribution in [3.05, 3.63) is 107 Å². The van der Waals surface area contributed by atoms with E-state index in [-0.39, 0.29) is 18.3 Å². The minimum Gasteiger partial charge on any atom is -0.399 e. The van der Waals surface area contributed by atoms with Crippen LogP contribution in [0, 0.1) is 5.82 Å². The Kier molecular flexibility index (Phi) is 8.12. The van der Waals surface area contributed by atoms with Gasteiger partial charge in [0.25, 0.3) is 15.6 Å². The Morgan fingerprint density at radius 1 is 0.973 bits per heavy atom. The maximum atomic E-state index is 13.5. The normalized spacial score (nSPS) is 17.2. The Morgan fingerprint density at radius 2 is 1.62 bits per heavy atom. The van der Waals surface area contributed by atoms with Crippen LogP contribution >= 0.6 is 34.8 Å². The number of anilines is 2. The number of benzene rings is 3. The second kappa shape index (κ2) is 11.1. The average Bonchev–Trinajstić information content (AvgIpc) is 3.26. The third kappa shape index (κ3) is 6.83. The van der Waals surface area contributed by atoms with Crippen molar-refractivity contribution >= 4 is 58.0 Å². The Bertz CT molecular complexity index is 1290. The zero-order valence-corrected chi connectivity index (χ0v) is 22.0. The van der Waals surface area contributed by atoms with Gasteiger partial charge in [-0.2, -0.15) is 0 Å². The highest BCUT2D eigenvalue weighted by Gasteiger charge is 2.41. The van der Waals surface area contributed by atoms with Gasteiger partial charge in [0.15, 0.2) is 0 Å². The van der Waals surface area contributed by atoms with Crippen LogP contribution in [0.25, 0.3) is 0 Å². The molecule has 1 aliphatic rings. The van der Waals surface area contributed by atoms with E-state index in [1.165, 1.54) is 12.1 Å². The van der Waals surface area contributed by atoms with Gasteiger partial charge in [0, 0.05) is 23.5 Å². The molecule has 2 amide bonds. The van der Waals surface area contributed by atoms with E-state index < -0.39 is 15.2 Å². The van der Waals surface area contributed by atoms with Crippen LogP contribution < -0.4 is 16.0 Å². The third-order valence-corrected chi connectivity index (χ3v) is 6.77. The van der Waals surface area contributed by atoms with E-state index in [2.05, 4.69) is 5.32 Å². The maximum Gasteiger partial charge on any atom is 0.272 e. The Balaban J connectivity index is 1.67. The number of hydrogen-bond donors (Lipinski definition) is 2. The highest BCUT2D eigenvalue weighted by molar-refractivity contribution is 6.76. The monoisotopic (exact) mass is 559 g/mol. The predicted molar refractivity (Wildman–Crippen MR) is 148 cm³/mol. The fourth-order valence-corrected chi connectivity index (χ4v) is 4.61. The number of halogens is 4. The summed E-state index contributed by atoms with van der Waals surface area (Å²) in [6, 6.07) is 22.1. The van der Waals surface area contributed by atoms with E-state index >= 15 is 0 Å². The van der Waals surface area contributed by atoms with Crippen molar-refractivity contribution in [2.45, 2.75) is 28.6 Å². The van der Waals surface area contributed by atoms with Crippen molar-refractivity contribution in [1.82, 2.24) is 5.32 Å². The van der Waals surface area contributed by atoms with Crippen molar-refractivity contribution < 1.29 is 14.0 Å². The first kappa shape index (κ1) is 27.0. The molecule has 0 aliphatic heterocycles. The van der Waals surface area contributed by atoms with E-state index in [0.717, 1.165) is 11.1 Å². The molecule has 0 heterocycles. The third-order valence-electron chi connectivity index (χ3n) is 6.26. The smallest absolute Gasteiger partial charge is 0.272 e. The summed E-state index contributed by atoms with van der Waals surface area (Å²) in [5.41, 5.74) is 8.53. The lowest BCUT2D eigenvalue weighted by Crippen LogP contribution is -2.51. The van der Waals surface area contributed by atoms with Crippen molar-refractivity contribution in [1.29, 1.82) is 0 Å². The van der Waals surface area contributed by atoms with Crippen molar-refractivity contribution in [2.75, 3.05) is 17.2 Å². The van der Waals surface area contributed by atoms with E-state index in [1.807, 2.05) is 24.3 Å². The summed E-state index contributed by atoms with van der Waals surface area (Å²) in [7, 11) is 0. The Morgan fingerprint density at radius 3 is 2.24 bits per heavy atom. The highest BCUT2D eigenvalue weighted by atomic mass is 35.6. The molecule has 37 heavy (non-hydrogen) atoms. The fraction of sp³-hybridized carbons (Fsp3) is 0.214. The number of carbonyl (C=O) groups excluding carboxylic acids is 2. The molecule has 5 nitrogen and oxygen atoms in total. The first-order chi connectivity index (χ1) is 17.5. The molecule has 0 radical (unpaired) electrons. The summed E-state index contributed by atoms with van der Waals surface area (Å²) in [4.78, 5) is 27.9. The second-order valence-electron chi connectivity index (χ2n) is 9.06. The van der Waals surface area contributed by atoms with Gasteiger partial charge >= 0.3 is 0 Å². The Hall–Kier alpha value is -3.06. The van der Waals surface area contributed by atoms with Gasteiger partial charge in [-0.1, -0.05) is 76.8 Å². The number of nitrogens with two attached hydrogens (primary N) is 1. The summed E-state index contributed by atoms with van der Waals surface area (Å²) >= 11 is 17.6.